The van der Waals surface area contributed by atoms with Gasteiger partial charge < -0.3 is 10.6 Å². The molecular formula is C30H36ClF2N3O2. The normalized spacial score (nSPS) is 24.0. The van der Waals surface area contributed by atoms with Crippen LogP contribution < -0.4 is 5.73 Å². The van der Waals surface area contributed by atoms with Crippen LogP contribution >= 0.6 is 11.6 Å². The average molecular weight is 544 g/mol. The van der Waals surface area contributed by atoms with E-state index in [1.165, 1.54) is 12.1 Å². The summed E-state index contributed by atoms with van der Waals surface area (Å²) in [5.74, 6) is -2.04. The molecule has 2 aromatic carbocycles. The lowest BCUT2D eigenvalue weighted by atomic mass is 9.80. The van der Waals surface area contributed by atoms with Crippen LogP contribution in [0.4, 0.5) is 8.78 Å². The highest BCUT2D eigenvalue weighted by Gasteiger charge is 2.52. The van der Waals surface area contributed by atoms with Crippen molar-refractivity contribution in [2.75, 3.05) is 26.2 Å². The molecule has 5 rings (SSSR count). The molecule has 2 N–H and O–H groups in total. The largest absolute Gasteiger partial charge is 0.369 e. The van der Waals surface area contributed by atoms with Crippen LogP contribution in [0.15, 0.2) is 36.4 Å². The van der Waals surface area contributed by atoms with E-state index in [-0.39, 0.29) is 29.2 Å². The Morgan fingerprint density at radius 1 is 1.00 bits per heavy atom. The zero-order valence-electron chi connectivity index (χ0n) is 22.3. The predicted molar refractivity (Wildman–Crippen MR) is 144 cm³/mol. The molecule has 8 heteroatoms. The summed E-state index contributed by atoms with van der Waals surface area (Å²) in [6.45, 7) is 8.51. The monoisotopic (exact) mass is 543 g/mol. The highest BCUT2D eigenvalue weighted by atomic mass is 35.5. The van der Waals surface area contributed by atoms with Gasteiger partial charge in [-0.1, -0.05) is 23.7 Å². The fraction of sp³-hybridized carbons (Fsp3) is 0.533. The van der Waals surface area contributed by atoms with Crippen LogP contribution in [0, 0.1) is 17.6 Å². The van der Waals surface area contributed by atoms with E-state index < -0.39 is 23.0 Å². The molecule has 2 heterocycles. The van der Waals surface area contributed by atoms with Gasteiger partial charge in [0.05, 0.1) is 11.3 Å². The Morgan fingerprint density at radius 2 is 1.66 bits per heavy atom. The molecule has 1 saturated carbocycles. The number of piperidine rings is 1. The molecule has 1 aliphatic carbocycles. The van der Waals surface area contributed by atoms with Crippen molar-refractivity contribution < 1.29 is 18.4 Å². The lowest BCUT2D eigenvalue weighted by molar-refractivity contribution is -0.136. The van der Waals surface area contributed by atoms with E-state index in [0.29, 0.717) is 36.8 Å². The molecule has 38 heavy (non-hydrogen) atoms. The number of hydrogen-bond donors (Lipinski definition) is 1. The van der Waals surface area contributed by atoms with Gasteiger partial charge in [-0.2, -0.15) is 0 Å². The van der Waals surface area contributed by atoms with E-state index in [0.717, 1.165) is 42.9 Å². The molecule has 2 saturated heterocycles. The van der Waals surface area contributed by atoms with Crippen LogP contribution in [-0.2, 0) is 15.0 Å². The van der Waals surface area contributed by atoms with Crippen molar-refractivity contribution in [1.29, 1.82) is 0 Å². The molecule has 0 radical (unpaired) electrons. The summed E-state index contributed by atoms with van der Waals surface area (Å²) in [6.07, 6.45) is 3.00. The van der Waals surface area contributed by atoms with Gasteiger partial charge in [-0.25, -0.2) is 8.78 Å². The summed E-state index contributed by atoms with van der Waals surface area (Å²) in [5.41, 5.74) is 7.41. The van der Waals surface area contributed by atoms with E-state index in [1.54, 1.807) is 0 Å². The van der Waals surface area contributed by atoms with Crippen LogP contribution in [0.25, 0.3) is 0 Å². The fourth-order valence-corrected chi connectivity index (χ4v) is 6.61. The average Bonchev–Trinajstić information content (AvgIpc) is 3.56. The summed E-state index contributed by atoms with van der Waals surface area (Å²) >= 11 is 6.30. The smallest absolute Gasteiger partial charge is 0.228 e. The molecule has 2 amide bonds. The first-order valence-corrected chi connectivity index (χ1v) is 13.9. The third kappa shape index (κ3) is 4.95. The second-order valence-electron chi connectivity index (χ2n) is 12.2. The predicted octanol–water partition coefficient (Wildman–Crippen LogP) is 5.36. The van der Waals surface area contributed by atoms with Crippen LogP contribution in [0.5, 0.6) is 0 Å². The Bertz CT molecular complexity index is 1250. The molecule has 0 aromatic heterocycles. The SMILES string of the molecule is CC(C)(C)N1CC(C(=O)N2CCC(c3ccc(Cl)cc3C3(C(N)=O)CC3)CC2)C(c2ccc(F)cc2F)C1. The topological polar surface area (TPSA) is 66.6 Å². The molecular weight excluding hydrogens is 508 g/mol. The molecule has 2 atom stereocenters. The molecule has 0 bridgehead atoms. The number of likely N-dealkylation sites (tertiary alicyclic amines) is 2. The third-order valence-electron chi connectivity index (χ3n) is 8.95. The Kier molecular flexibility index (Phi) is 7.06. The van der Waals surface area contributed by atoms with Gasteiger partial charge in [0.2, 0.25) is 11.8 Å². The minimum absolute atomic E-state index is 0.0241. The van der Waals surface area contributed by atoms with Crippen molar-refractivity contribution in [2.24, 2.45) is 11.7 Å². The van der Waals surface area contributed by atoms with Crippen LogP contribution in [0.2, 0.25) is 5.02 Å². The van der Waals surface area contributed by atoms with Gasteiger partial charge in [0.15, 0.2) is 0 Å². The van der Waals surface area contributed by atoms with E-state index in [1.807, 2.05) is 23.1 Å². The molecule has 5 nitrogen and oxygen atoms in total. The quantitative estimate of drug-likeness (QED) is 0.552. The first kappa shape index (κ1) is 27.1. The van der Waals surface area contributed by atoms with Crippen molar-refractivity contribution in [1.82, 2.24) is 9.80 Å². The Hall–Kier alpha value is -2.51. The van der Waals surface area contributed by atoms with Crippen molar-refractivity contribution in [2.45, 2.75) is 69.2 Å². The Morgan fingerprint density at radius 3 is 2.24 bits per heavy atom. The van der Waals surface area contributed by atoms with Crippen LogP contribution in [-0.4, -0.2) is 53.3 Å². The zero-order chi connectivity index (χ0) is 27.4. The zero-order valence-corrected chi connectivity index (χ0v) is 23.0. The molecule has 0 spiro atoms. The van der Waals surface area contributed by atoms with Gasteiger partial charge in [0.1, 0.15) is 11.6 Å². The van der Waals surface area contributed by atoms with Gasteiger partial charge in [0, 0.05) is 48.7 Å². The highest BCUT2D eigenvalue weighted by Crippen LogP contribution is 2.51. The maximum atomic E-state index is 14.8. The summed E-state index contributed by atoms with van der Waals surface area (Å²) in [7, 11) is 0. The maximum Gasteiger partial charge on any atom is 0.228 e. The molecule has 3 aliphatic rings. The summed E-state index contributed by atoms with van der Waals surface area (Å²) in [4.78, 5) is 30.3. The molecule has 3 fully saturated rings. The number of halogens is 3. The van der Waals surface area contributed by atoms with Crippen molar-refractivity contribution in [3.05, 3.63) is 69.7 Å². The van der Waals surface area contributed by atoms with E-state index in [4.69, 9.17) is 17.3 Å². The van der Waals surface area contributed by atoms with Crippen LogP contribution in [0.1, 0.15) is 75.0 Å². The third-order valence-corrected chi connectivity index (χ3v) is 9.18. The Balaban J connectivity index is 1.34. The standard InChI is InChI=1S/C30H36ClF2N3O2/c1-29(2,3)36-16-23(22-7-5-20(32)15-26(22)33)24(17-36)27(37)35-12-8-18(9-13-35)21-6-4-19(31)14-25(21)30(10-11-30)28(34)38/h4-7,14-15,18,23-24H,8-13,16-17H2,1-3H3,(H2,34,38). The van der Waals surface area contributed by atoms with Gasteiger partial charge in [-0.15, -0.1) is 0 Å². The van der Waals surface area contributed by atoms with Gasteiger partial charge >= 0.3 is 0 Å². The van der Waals surface area contributed by atoms with Gasteiger partial charge in [-0.05, 0) is 87.3 Å². The number of primary amides is 1. The lowest BCUT2D eigenvalue weighted by Crippen LogP contribution is -2.44. The Labute approximate surface area is 228 Å². The highest BCUT2D eigenvalue weighted by molar-refractivity contribution is 6.30. The lowest BCUT2D eigenvalue weighted by Gasteiger charge is -2.36. The van der Waals surface area contributed by atoms with Crippen molar-refractivity contribution in [3.63, 3.8) is 0 Å². The number of rotatable bonds is 5. The molecule has 2 aliphatic heterocycles. The summed E-state index contributed by atoms with van der Waals surface area (Å²) in [6, 6.07) is 9.42. The summed E-state index contributed by atoms with van der Waals surface area (Å²) < 4.78 is 28.5. The number of carbonyl (C=O) groups excluding carboxylic acids is 2. The number of nitrogens with zero attached hydrogens (tertiary/aromatic N) is 2. The summed E-state index contributed by atoms with van der Waals surface area (Å²) in [5, 5.41) is 0.590. The maximum absolute atomic E-state index is 14.8. The molecule has 2 aromatic rings. The van der Waals surface area contributed by atoms with E-state index in [9.17, 15) is 18.4 Å². The van der Waals surface area contributed by atoms with Crippen LogP contribution in [0.3, 0.4) is 0 Å². The van der Waals surface area contributed by atoms with Crippen molar-refractivity contribution in [3.8, 4) is 0 Å². The first-order chi connectivity index (χ1) is 17.9. The fourth-order valence-electron chi connectivity index (χ4n) is 6.44. The van der Waals surface area contributed by atoms with Gasteiger partial charge in [-0.3, -0.25) is 14.5 Å². The second-order valence-corrected chi connectivity index (χ2v) is 12.7. The van der Waals surface area contributed by atoms with Crippen molar-refractivity contribution >= 4 is 23.4 Å². The first-order valence-electron chi connectivity index (χ1n) is 13.5. The minimum atomic E-state index is -0.625. The molecule has 204 valence electrons. The number of hydrogen-bond acceptors (Lipinski definition) is 3. The number of carbonyl (C=O) groups is 2. The number of benzene rings is 2. The van der Waals surface area contributed by atoms with E-state index in [2.05, 4.69) is 25.7 Å². The second kappa shape index (κ2) is 9.91. The van der Waals surface area contributed by atoms with Gasteiger partial charge in [0.25, 0.3) is 0 Å². The van der Waals surface area contributed by atoms with E-state index >= 15 is 0 Å². The molecule has 2 unspecified atom stereocenters. The minimum Gasteiger partial charge on any atom is -0.369 e. The number of nitrogens with two attached hydrogens (primary N) is 1. The number of amides is 2.